The van der Waals surface area contributed by atoms with Crippen molar-refractivity contribution >= 4 is 34.8 Å². The Morgan fingerprint density at radius 1 is 1.03 bits per heavy atom. The third-order valence-corrected chi connectivity index (χ3v) is 6.13. The minimum Gasteiger partial charge on any atom is -0.438 e. The molecule has 1 saturated heterocycles. The fourth-order valence-electron chi connectivity index (χ4n) is 4.00. The van der Waals surface area contributed by atoms with E-state index in [4.69, 9.17) is 17.0 Å². The van der Waals surface area contributed by atoms with Crippen molar-refractivity contribution in [2.24, 2.45) is 0 Å². The van der Waals surface area contributed by atoms with E-state index in [1.807, 2.05) is 24.3 Å². The number of allylic oxidation sites excluding steroid dienone is 1. The number of benzene rings is 1. The highest BCUT2D eigenvalue weighted by atomic mass is 32.1. The van der Waals surface area contributed by atoms with Crippen molar-refractivity contribution in [1.29, 1.82) is 0 Å². The van der Waals surface area contributed by atoms with Crippen LogP contribution in [0.15, 0.2) is 47.4 Å². The summed E-state index contributed by atoms with van der Waals surface area (Å²) < 4.78 is 6.05. The minimum absolute atomic E-state index is 0.180. The molecule has 6 nitrogen and oxygen atoms in total. The number of unbranched alkanes of at least 4 members (excludes halogenated alkanes) is 2. The first-order valence-corrected chi connectivity index (χ1v) is 11.1. The highest BCUT2D eigenvalue weighted by Gasteiger charge is 2.40. The number of carbonyl (C=O) groups excluding carboxylic acids is 2. The van der Waals surface area contributed by atoms with E-state index in [1.54, 1.807) is 15.9 Å². The van der Waals surface area contributed by atoms with E-state index in [1.165, 1.54) is 0 Å². The fraction of sp³-hybridized carbons (Fsp3) is 0.435. The van der Waals surface area contributed by atoms with Crippen molar-refractivity contribution < 1.29 is 14.3 Å². The SMILES string of the molecule is CCCCN1C(=O)C(=CC2=C3Oc4ccccc4N3CC2)C(=O)N(CCCC)C1=S. The summed E-state index contributed by atoms with van der Waals surface area (Å²) in [7, 11) is 0. The van der Waals surface area contributed by atoms with Crippen LogP contribution in [0.5, 0.6) is 5.75 Å². The quantitative estimate of drug-likeness (QED) is 0.376. The van der Waals surface area contributed by atoms with E-state index in [9.17, 15) is 9.59 Å². The van der Waals surface area contributed by atoms with Crippen LogP contribution in [-0.2, 0) is 9.59 Å². The molecular weight excluding hydrogens is 398 g/mol. The molecule has 0 aromatic heterocycles. The average Bonchev–Trinajstić information content (AvgIpc) is 3.30. The van der Waals surface area contributed by atoms with Crippen LogP contribution >= 0.6 is 12.2 Å². The zero-order chi connectivity index (χ0) is 21.3. The lowest BCUT2D eigenvalue weighted by molar-refractivity contribution is -0.133. The monoisotopic (exact) mass is 425 g/mol. The van der Waals surface area contributed by atoms with Gasteiger partial charge in [0.25, 0.3) is 11.8 Å². The van der Waals surface area contributed by atoms with Gasteiger partial charge in [0.05, 0.1) is 5.69 Å². The molecule has 1 fully saturated rings. The molecule has 0 bridgehead atoms. The van der Waals surface area contributed by atoms with Gasteiger partial charge in [-0.3, -0.25) is 19.4 Å². The van der Waals surface area contributed by atoms with Gasteiger partial charge in [-0.05, 0) is 49.7 Å². The lowest BCUT2D eigenvalue weighted by Crippen LogP contribution is -2.56. The molecule has 0 atom stereocenters. The molecule has 158 valence electrons. The average molecular weight is 426 g/mol. The van der Waals surface area contributed by atoms with Crippen molar-refractivity contribution in [2.45, 2.75) is 46.0 Å². The standard InChI is InChI=1S/C23H27N3O3S/c1-3-5-12-25-20(27)17(21(28)26(23(25)30)13-6-4-2)15-16-11-14-24-18-9-7-8-10-19(18)29-22(16)24/h7-10,15H,3-6,11-14H2,1-2H3. The predicted octanol–water partition coefficient (Wildman–Crippen LogP) is 3.98. The number of carbonyl (C=O) groups is 2. The van der Waals surface area contributed by atoms with Crippen molar-refractivity contribution in [2.75, 3.05) is 24.5 Å². The first kappa shape index (κ1) is 20.6. The molecule has 7 heteroatoms. The topological polar surface area (TPSA) is 53.1 Å². The van der Waals surface area contributed by atoms with Crippen LogP contribution in [0.4, 0.5) is 5.69 Å². The van der Waals surface area contributed by atoms with E-state index < -0.39 is 0 Å². The molecule has 0 spiro atoms. The third-order valence-electron chi connectivity index (χ3n) is 5.69. The van der Waals surface area contributed by atoms with E-state index in [0.29, 0.717) is 18.2 Å². The van der Waals surface area contributed by atoms with Crippen molar-refractivity contribution in [1.82, 2.24) is 9.80 Å². The number of hydrogen-bond acceptors (Lipinski definition) is 5. The molecule has 3 aliphatic rings. The molecule has 1 aromatic rings. The van der Waals surface area contributed by atoms with Gasteiger partial charge in [0, 0.05) is 25.2 Å². The van der Waals surface area contributed by atoms with Crippen LogP contribution < -0.4 is 9.64 Å². The van der Waals surface area contributed by atoms with E-state index in [0.717, 1.165) is 61.5 Å². The summed E-state index contributed by atoms with van der Waals surface area (Å²) in [5.74, 6) is 0.930. The minimum atomic E-state index is -0.298. The maximum atomic E-state index is 13.2. The van der Waals surface area contributed by atoms with Crippen molar-refractivity contribution in [3.05, 3.63) is 47.4 Å². The normalized spacial score (nSPS) is 18.3. The van der Waals surface area contributed by atoms with Gasteiger partial charge in [-0.2, -0.15) is 0 Å². The molecule has 0 aliphatic carbocycles. The van der Waals surface area contributed by atoms with Crippen molar-refractivity contribution in [3.63, 3.8) is 0 Å². The molecule has 30 heavy (non-hydrogen) atoms. The van der Waals surface area contributed by atoms with Crippen LogP contribution in [0.1, 0.15) is 46.0 Å². The lowest BCUT2D eigenvalue weighted by Gasteiger charge is -2.36. The van der Waals surface area contributed by atoms with Gasteiger partial charge in [-0.1, -0.05) is 38.8 Å². The molecule has 0 unspecified atom stereocenters. The third kappa shape index (κ3) is 3.51. The van der Waals surface area contributed by atoms with Gasteiger partial charge < -0.3 is 9.64 Å². The van der Waals surface area contributed by atoms with Crippen LogP contribution in [0.25, 0.3) is 0 Å². The maximum absolute atomic E-state index is 13.2. The lowest BCUT2D eigenvalue weighted by atomic mass is 10.1. The number of fused-ring (bicyclic) bond motifs is 3. The molecule has 0 radical (unpaired) electrons. The molecule has 2 amide bonds. The Labute approximate surface area is 182 Å². The summed E-state index contributed by atoms with van der Waals surface area (Å²) in [6.45, 7) is 5.97. The van der Waals surface area contributed by atoms with Crippen LogP contribution in [-0.4, -0.2) is 46.4 Å². The Morgan fingerprint density at radius 3 is 2.30 bits per heavy atom. The number of ether oxygens (including phenoxy) is 1. The molecule has 3 heterocycles. The van der Waals surface area contributed by atoms with Gasteiger partial charge in [-0.15, -0.1) is 0 Å². The molecule has 1 aromatic carbocycles. The van der Waals surface area contributed by atoms with E-state index in [2.05, 4.69) is 18.7 Å². The second kappa shape index (κ2) is 8.60. The Hall–Kier alpha value is -2.67. The summed E-state index contributed by atoms with van der Waals surface area (Å²) in [4.78, 5) is 31.7. The number of nitrogens with zero attached hydrogens (tertiary/aromatic N) is 3. The summed E-state index contributed by atoms with van der Waals surface area (Å²) >= 11 is 5.53. The second-order valence-electron chi connectivity index (χ2n) is 7.76. The first-order chi connectivity index (χ1) is 14.6. The molecular formula is C23H27N3O3S. The number of hydrogen-bond donors (Lipinski definition) is 0. The van der Waals surface area contributed by atoms with Gasteiger partial charge in [0.15, 0.2) is 10.9 Å². The number of thiocarbonyl (C=S) groups is 1. The highest BCUT2D eigenvalue weighted by molar-refractivity contribution is 7.80. The summed E-state index contributed by atoms with van der Waals surface area (Å²) in [6.07, 6.45) is 6.03. The zero-order valence-corrected chi connectivity index (χ0v) is 18.3. The number of anilines is 1. The number of amides is 2. The number of para-hydroxylation sites is 2. The smallest absolute Gasteiger partial charge is 0.265 e. The largest absolute Gasteiger partial charge is 0.438 e. The molecule has 0 N–H and O–H groups in total. The maximum Gasteiger partial charge on any atom is 0.265 e. The predicted molar refractivity (Wildman–Crippen MR) is 120 cm³/mol. The molecule has 3 aliphatic heterocycles. The molecule has 4 rings (SSSR count). The summed E-state index contributed by atoms with van der Waals surface area (Å²) in [5.41, 5.74) is 2.08. The second-order valence-corrected chi connectivity index (χ2v) is 8.13. The Bertz CT molecular complexity index is 921. The van der Waals surface area contributed by atoms with Crippen LogP contribution in [0.2, 0.25) is 0 Å². The van der Waals surface area contributed by atoms with Gasteiger partial charge in [-0.25, -0.2) is 0 Å². The Balaban J connectivity index is 1.68. The highest BCUT2D eigenvalue weighted by Crippen LogP contribution is 2.43. The van der Waals surface area contributed by atoms with Gasteiger partial charge in [0.2, 0.25) is 5.88 Å². The van der Waals surface area contributed by atoms with E-state index >= 15 is 0 Å². The summed E-state index contributed by atoms with van der Waals surface area (Å²) in [6, 6.07) is 7.87. The first-order valence-electron chi connectivity index (χ1n) is 10.7. The van der Waals surface area contributed by atoms with Gasteiger partial charge >= 0.3 is 0 Å². The van der Waals surface area contributed by atoms with Crippen molar-refractivity contribution in [3.8, 4) is 5.75 Å². The molecule has 0 saturated carbocycles. The number of rotatable bonds is 7. The Kier molecular flexibility index (Phi) is 5.90. The van der Waals surface area contributed by atoms with Crippen LogP contribution in [0.3, 0.4) is 0 Å². The van der Waals surface area contributed by atoms with Gasteiger partial charge in [0.1, 0.15) is 5.57 Å². The van der Waals surface area contributed by atoms with Crippen LogP contribution in [0, 0.1) is 0 Å². The van der Waals surface area contributed by atoms with E-state index in [-0.39, 0.29) is 17.4 Å². The Morgan fingerprint density at radius 2 is 1.67 bits per heavy atom. The zero-order valence-electron chi connectivity index (χ0n) is 17.5. The summed E-state index contributed by atoms with van der Waals surface area (Å²) in [5, 5.41) is 0.333. The fourth-order valence-corrected chi connectivity index (χ4v) is 4.34.